The average molecular weight is 460 g/mol. The van der Waals surface area contributed by atoms with E-state index in [1.54, 1.807) is 7.05 Å². The van der Waals surface area contributed by atoms with Gasteiger partial charge in [0.15, 0.2) is 12.2 Å². The molecular formula is C25H25N5O4. The molecule has 9 nitrogen and oxygen atoms in total. The summed E-state index contributed by atoms with van der Waals surface area (Å²) in [5.41, 5.74) is 2.66. The highest BCUT2D eigenvalue weighted by Crippen LogP contribution is 2.40. The number of benzene rings is 2. The van der Waals surface area contributed by atoms with Crippen LogP contribution in [0.5, 0.6) is 5.75 Å². The lowest BCUT2D eigenvalue weighted by Gasteiger charge is -2.39. The van der Waals surface area contributed by atoms with Crippen molar-refractivity contribution in [2.45, 2.75) is 26.1 Å². The van der Waals surface area contributed by atoms with Crippen LogP contribution in [0.15, 0.2) is 65.8 Å². The minimum atomic E-state index is -0.747. The number of nitrogens with zero attached hydrogens (tertiary/aromatic N) is 5. The van der Waals surface area contributed by atoms with Gasteiger partial charge in [-0.25, -0.2) is 9.79 Å². The topological polar surface area (TPSA) is 85.8 Å². The highest BCUT2D eigenvalue weighted by molar-refractivity contribution is 6.16. The predicted molar refractivity (Wildman–Crippen MR) is 127 cm³/mol. The highest BCUT2D eigenvalue weighted by Gasteiger charge is 2.55. The van der Waals surface area contributed by atoms with E-state index in [4.69, 9.17) is 9.73 Å². The Kier molecular flexibility index (Phi) is 5.31. The van der Waals surface area contributed by atoms with Crippen molar-refractivity contribution in [2.75, 3.05) is 25.1 Å². The predicted octanol–water partition coefficient (Wildman–Crippen LogP) is 2.75. The van der Waals surface area contributed by atoms with E-state index in [0.29, 0.717) is 12.6 Å². The van der Waals surface area contributed by atoms with E-state index in [9.17, 15) is 14.4 Å². The van der Waals surface area contributed by atoms with Gasteiger partial charge in [0.25, 0.3) is 5.91 Å². The van der Waals surface area contributed by atoms with Gasteiger partial charge in [-0.1, -0.05) is 30.3 Å². The number of ketones is 1. The zero-order valence-electron chi connectivity index (χ0n) is 19.2. The van der Waals surface area contributed by atoms with Gasteiger partial charge in [0, 0.05) is 24.5 Å². The third-order valence-electron chi connectivity index (χ3n) is 6.07. The second-order valence-corrected chi connectivity index (χ2v) is 8.36. The Hall–Kier alpha value is -4.14. The molecule has 0 saturated carbocycles. The first-order valence-corrected chi connectivity index (χ1v) is 11.1. The van der Waals surface area contributed by atoms with Gasteiger partial charge in [0.05, 0.1) is 18.8 Å². The molecule has 0 aliphatic carbocycles. The van der Waals surface area contributed by atoms with Gasteiger partial charge in [-0.15, -0.1) is 0 Å². The van der Waals surface area contributed by atoms with E-state index in [1.807, 2.05) is 77.5 Å². The molecule has 2 aromatic rings. The minimum Gasteiger partial charge on any atom is -0.494 e. The Morgan fingerprint density at radius 1 is 1.06 bits per heavy atom. The van der Waals surface area contributed by atoms with Crippen molar-refractivity contribution in [3.8, 4) is 5.75 Å². The number of aliphatic imine (C=N–C) groups is 1. The van der Waals surface area contributed by atoms with Crippen LogP contribution < -0.4 is 9.64 Å². The lowest BCUT2D eigenvalue weighted by Crippen LogP contribution is -2.64. The lowest BCUT2D eigenvalue weighted by atomic mass is 10.1. The number of guanidine groups is 1. The number of Topliss-reactive ketones (excluding diaryl/α,β-unsaturated/α-hetero) is 1. The zero-order valence-corrected chi connectivity index (χ0v) is 19.2. The molecule has 3 aliphatic heterocycles. The van der Waals surface area contributed by atoms with Crippen LogP contribution in [-0.2, 0) is 9.59 Å². The fraction of sp³-hybridized carbons (Fsp3) is 0.280. The number of urea groups is 1. The smallest absolute Gasteiger partial charge is 0.328 e. The summed E-state index contributed by atoms with van der Waals surface area (Å²) in [5.74, 6) is 0.621. The Morgan fingerprint density at radius 2 is 1.76 bits per heavy atom. The molecule has 34 heavy (non-hydrogen) atoms. The third-order valence-corrected chi connectivity index (χ3v) is 6.07. The Bertz CT molecular complexity index is 1210. The van der Waals surface area contributed by atoms with Crippen molar-refractivity contribution in [2.24, 2.45) is 4.99 Å². The molecule has 2 unspecified atom stereocenters. The molecule has 0 spiro atoms. The molecule has 0 bridgehead atoms. The maximum atomic E-state index is 13.4. The first-order valence-electron chi connectivity index (χ1n) is 11.1. The molecule has 3 amide bonds. The third kappa shape index (κ3) is 3.40. The molecule has 0 radical (unpaired) electrons. The number of hydrogen-bond acceptors (Lipinski definition) is 7. The Morgan fingerprint density at radius 3 is 2.41 bits per heavy atom. The maximum Gasteiger partial charge on any atom is 0.328 e. The van der Waals surface area contributed by atoms with Crippen molar-refractivity contribution in [1.82, 2.24) is 14.7 Å². The summed E-state index contributed by atoms with van der Waals surface area (Å²) < 4.78 is 5.59. The molecule has 1 fully saturated rings. The van der Waals surface area contributed by atoms with Crippen LogP contribution >= 0.6 is 0 Å². The van der Waals surface area contributed by atoms with Crippen LogP contribution in [-0.4, -0.2) is 70.8 Å². The van der Waals surface area contributed by atoms with E-state index in [1.165, 1.54) is 11.8 Å². The van der Waals surface area contributed by atoms with E-state index in [0.717, 1.165) is 27.6 Å². The van der Waals surface area contributed by atoms with Gasteiger partial charge >= 0.3 is 6.03 Å². The van der Waals surface area contributed by atoms with E-state index < -0.39 is 24.1 Å². The van der Waals surface area contributed by atoms with Gasteiger partial charge in [-0.2, -0.15) is 0 Å². The van der Waals surface area contributed by atoms with Crippen molar-refractivity contribution in [1.29, 1.82) is 0 Å². The van der Waals surface area contributed by atoms with Gasteiger partial charge in [0.2, 0.25) is 5.96 Å². The summed E-state index contributed by atoms with van der Waals surface area (Å²) in [6.07, 6.45) is 1.21. The first kappa shape index (κ1) is 21.7. The average Bonchev–Trinajstić information content (AvgIpc) is 3.38. The van der Waals surface area contributed by atoms with Gasteiger partial charge < -0.3 is 9.64 Å². The molecule has 3 aliphatic rings. The van der Waals surface area contributed by atoms with Gasteiger partial charge in [0.1, 0.15) is 11.5 Å². The second-order valence-electron chi connectivity index (χ2n) is 8.36. The molecule has 174 valence electrons. The fourth-order valence-electron chi connectivity index (χ4n) is 4.53. The number of likely N-dealkylation sites (N-methyl/N-ethyl adjacent to an activating group) is 1. The molecular weight excluding hydrogens is 434 g/mol. The van der Waals surface area contributed by atoms with Crippen molar-refractivity contribution in [3.05, 3.63) is 66.4 Å². The number of ether oxygens (including phenoxy) is 1. The Balaban J connectivity index is 1.58. The van der Waals surface area contributed by atoms with Crippen molar-refractivity contribution in [3.63, 3.8) is 0 Å². The summed E-state index contributed by atoms with van der Waals surface area (Å²) in [5, 5.41) is 0. The van der Waals surface area contributed by atoms with Crippen molar-refractivity contribution < 1.29 is 19.1 Å². The van der Waals surface area contributed by atoms with Gasteiger partial charge in [-0.05, 0) is 38.1 Å². The quantitative estimate of drug-likeness (QED) is 0.660. The first-order chi connectivity index (χ1) is 16.4. The normalized spacial score (nSPS) is 21.4. The van der Waals surface area contributed by atoms with E-state index in [-0.39, 0.29) is 12.3 Å². The van der Waals surface area contributed by atoms with Crippen LogP contribution in [0.4, 0.5) is 10.5 Å². The van der Waals surface area contributed by atoms with E-state index >= 15 is 0 Å². The molecule has 2 aromatic carbocycles. The number of imide groups is 1. The standard InChI is InChI=1S/C25H25N5O4/c1-4-34-19-12-10-18(11-13-19)30-20(17-8-6-5-7-9-17)15-28-21-22(26-24(28)30)27(3)25(33)29(23(21)32)14-16(2)31/h5-13,15,21-22H,4,14H2,1-3H3. The number of carbonyl (C=O) groups is 3. The number of hydrogen-bond donors (Lipinski definition) is 0. The van der Waals surface area contributed by atoms with Gasteiger partial charge in [-0.3, -0.25) is 24.3 Å². The monoisotopic (exact) mass is 459 g/mol. The molecule has 1 saturated heterocycles. The molecule has 3 heterocycles. The summed E-state index contributed by atoms with van der Waals surface area (Å²) in [6.45, 7) is 3.61. The number of anilines is 1. The minimum absolute atomic E-state index is 0.258. The summed E-state index contributed by atoms with van der Waals surface area (Å²) >= 11 is 0. The molecule has 5 rings (SSSR count). The molecule has 2 atom stereocenters. The highest BCUT2D eigenvalue weighted by atomic mass is 16.5. The SMILES string of the molecule is CCOc1ccc(N2C(c3ccccc3)=CN3C2=NC2C3C(=O)N(CC(C)=O)C(=O)N2C)cc1. The van der Waals surface area contributed by atoms with Crippen LogP contribution in [0.25, 0.3) is 5.70 Å². The number of rotatable bonds is 6. The molecule has 0 N–H and O–H groups in total. The van der Waals surface area contributed by atoms with Crippen LogP contribution in [0, 0.1) is 0 Å². The summed E-state index contributed by atoms with van der Waals surface area (Å²) in [7, 11) is 1.61. The van der Waals surface area contributed by atoms with Crippen molar-refractivity contribution >= 4 is 35.1 Å². The second kappa shape index (κ2) is 8.33. The van der Waals surface area contributed by atoms with E-state index in [2.05, 4.69) is 0 Å². The molecule has 0 aromatic heterocycles. The van der Waals surface area contributed by atoms with Crippen LogP contribution in [0.2, 0.25) is 0 Å². The maximum absolute atomic E-state index is 13.4. The largest absolute Gasteiger partial charge is 0.494 e. The van der Waals surface area contributed by atoms with Crippen LogP contribution in [0.3, 0.4) is 0 Å². The lowest BCUT2D eigenvalue weighted by molar-refractivity contribution is -0.139. The number of carbonyl (C=O) groups excluding carboxylic acids is 3. The fourth-order valence-corrected chi connectivity index (χ4v) is 4.53. The summed E-state index contributed by atoms with van der Waals surface area (Å²) in [4.78, 5) is 49.0. The summed E-state index contributed by atoms with van der Waals surface area (Å²) in [6, 6.07) is 16.2. The zero-order chi connectivity index (χ0) is 24.0. The number of fused-ring (bicyclic) bond motifs is 3. The Labute approximate surface area is 197 Å². The number of amides is 3. The molecule has 9 heteroatoms. The van der Waals surface area contributed by atoms with Crippen LogP contribution in [0.1, 0.15) is 19.4 Å².